The molecule has 1 heterocycles. The molecule has 206 valence electrons. The highest BCUT2D eigenvalue weighted by Crippen LogP contribution is 2.57. The maximum Gasteiger partial charge on any atom is 0.333 e. The van der Waals surface area contributed by atoms with Crippen LogP contribution in [0.25, 0.3) is 0 Å². The second kappa shape index (κ2) is 10.7. The molecule has 37 heavy (non-hydrogen) atoms. The first-order valence-electron chi connectivity index (χ1n) is 13.3. The van der Waals surface area contributed by atoms with Gasteiger partial charge in [0.05, 0.1) is 12.7 Å². The van der Waals surface area contributed by atoms with Gasteiger partial charge in [-0.15, -0.1) is 0 Å². The zero-order chi connectivity index (χ0) is 27.9. The van der Waals surface area contributed by atoms with E-state index >= 15 is 0 Å². The van der Waals surface area contributed by atoms with Gasteiger partial charge in [-0.1, -0.05) is 25.5 Å². The largest absolute Gasteiger partial charge is 0.459 e. The highest BCUT2D eigenvalue weighted by atomic mass is 16.6. The van der Waals surface area contributed by atoms with Crippen LogP contribution in [-0.2, 0) is 38.1 Å². The van der Waals surface area contributed by atoms with Crippen molar-refractivity contribution in [2.45, 2.75) is 98.6 Å². The molecule has 8 nitrogen and oxygen atoms in total. The number of Topliss-reactive ketones (excluding diaryl/α,β-unsaturated/α-hetero) is 1. The van der Waals surface area contributed by atoms with Gasteiger partial charge in [0.15, 0.2) is 0 Å². The lowest BCUT2D eigenvalue weighted by molar-refractivity contribution is -0.176. The second-order valence-corrected chi connectivity index (χ2v) is 11.4. The SMILES string of the molecule is C/C=C(/C)C(=O)O[C@@H]1C=C(C)[C@H]2[C@@H]3OC[C@@](C)(OC(C)=O)[C@@H]3[C@@H](C(=O)C(C)CC)C[C@](C)(OC(C)=O)[C@H]21. The molecular formula is C29H42O8. The molecule has 0 amide bonds. The van der Waals surface area contributed by atoms with E-state index in [-0.39, 0.29) is 30.6 Å². The summed E-state index contributed by atoms with van der Waals surface area (Å²) in [5, 5.41) is 0. The van der Waals surface area contributed by atoms with Gasteiger partial charge >= 0.3 is 17.9 Å². The molecule has 0 aromatic rings. The fourth-order valence-corrected chi connectivity index (χ4v) is 6.79. The van der Waals surface area contributed by atoms with Gasteiger partial charge in [0.2, 0.25) is 0 Å². The van der Waals surface area contributed by atoms with Crippen molar-refractivity contribution < 1.29 is 38.1 Å². The van der Waals surface area contributed by atoms with Crippen molar-refractivity contribution in [3.63, 3.8) is 0 Å². The third-order valence-corrected chi connectivity index (χ3v) is 8.65. The van der Waals surface area contributed by atoms with Crippen LogP contribution in [-0.4, -0.2) is 53.7 Å². The maximum atomic E-state index is 13.9. The molecular weight excluding hydrogens is 476 g/mol. The summed E-state index contributed by atoms with van der Waals surface area (Å²) in [7, 11) is 0. The summed E-state index contributed by atoms with van der Waals surface area (Å²) in [6, 6.07) is 0. The number of ketones is 1. The molecule has 2 aliphatic carbocycles. The average molecular weight is 519 g/mol. The quantitative estimate of drug-likeness (QED) is 0.212. The van der Waals surface area contributed by atoms with Crippen LogP contribution in [0.5, 0.6) is 0 Å². The van der Waals surface area contributed by atoms with Crippen molar-refractivity contribution in [2.24, 2.45) is 29.6 Å². The molecule has 3 aliphatic rings. The van der Waals surface area contributed by atoms with Gasteiger partial charge in [-0.2, -0.15) is 0 Å². The Hall–Kier alpha value is -2.48. The fourth-order valence-electron chi connectivity index (χ4n) is 6.79. The summed E-state index contributed by atoms with van der Waals surface area (Å²) in [6.45, 7) is 15.7. The van der Waals surface area contributed by atoms with E-state index in [9.17, 15) is 19.2 Å². The molecule has 1 saturated carbocycles. The predicted octanol–water partition coefficient (Wildman–Crippen LogP) is 4.35. The Balaban J connectivity index is 2.20. The Kier molecular flexibility index (Phi) is 8.42. The standard InChI is InChI=1S/C29H42O8/c1-10-15(3)25(32)20-13-28(8,36-18(6)30)24-21(35-27(33)16(4)11-2)12-17(5)22(24)26-23(20)29(9,14-34-26)37-19(7)31/h11-12,15,20-24,26H,10,13-14H2,1-9H3/b16-11-/t15?,20-,21+,22+,23+,24-,26-,28-,29+/m0/s1. The topological polar surface area (TPSA) is 105 Å². The Morgan fingerprint density at radius 1 is 1.08 bits per heavy atom. The Morgan fingerprint density at radius 3 is 2.22 bits per heavy atom. The monoisotopic (exact) mass is 518 g/mol. The number of hydrogen-bond donors (Lipinski definition) is 0. The number of allylic oxidation sites excluding steroid dienone is 1. The second-order valence-electron chi connectivity index (χ2n) is 11.4. The molecule has 0 radical (unpaired) electrons. The van der Waals surface area contributed by atoms with Crippen molar-refractivity contribution >= 4 is 23.7 Å². The first-order chi connectivity index (χ1) is 17.2. The highest BCUT2D eigenvalue weighted by Gasteiger charge is 2.66. The lowest BCUT2D eigenvalue weighted by Gasteiger charge is -2.41. The summed E-state index contributed by atoms with van der Waals surface area (Å²) in [5.74, 6) is -3.44. The minimum absolute atomic E-state index is 0.0275. The number of carbonyl (C=O) groups excluding carboxylic acids is 4. The third-order valence-electron chi connectivity index (χ3n) is 8.65. The van der Waals surface area contributed by atoms with Gasteiger partial charge in [-0.3, -0.25) is 14.4 Å². The zero-order valence-electron chi connectivity index (χ0n) is 23.6. The number of ether oxygens (including phenoxy) is 4. The number of carbonyl (C=O) groups is 4. The predicted molar refractivity (Wildman–Crippen MR) is 136 cm³/mol. The van der Waals surface area contributed by atoms with E-state index in [4.69, 9.17) is 18.9 Å². The van der Waals surface area contributed by atoms with Crippen LogP contribution >= 0.6 is 0 Å². The molecule has 2 fully saturated rings. The van der Waals surface area contributed by atoms with Gasteiger partial charge < -0.3 is 18.9 Å². The van der Waals surface area contributed by atoms with E-state index in [1.807, 2.05) is 40.7 Å². The highest BCUT2D eigenvalue weighted by molar-refractivity contribution is 5.88. The zero-order valence-corrected chi connectivity index (χ0v) is 23.6. The smallest absolute Gasteiger partial charge is 0.333 e. The Bertz CT molecular complexity index is 1010. The Morgan fingerprint density at radius 2 is 1.68 bits per heavy atom. The molecule has 0 N–H and O–H groups in total. The molecule has 1 aliphatic heterocycles. The van der Waals surface area contributed by atoms with Crippen LogP contribution in [0.3, 0.4) is 0 Å². The van der Waals surface area contributed by atoms with Crippen LogP contribution in [0, 0.1) is 29.6 Å². The van der Waals surface area contributed by atoms with Crippen LogP contribution in [0.2, 0.25) is 0 Å². The molecule has 1 saturated heterocycles. The normalized spacial score (nSPS) is 38.0. The van der Waals surface area contributed by atoms with Crippen molar-refractivity contribution in [1.82, 2.24) is 0 Å². The minimum Gasteiger partial charge on any atom is -0.459 e. The van der Waals surface area contributed by atoms with E-state index in [0.29, 0.717) is 12.0 Å². The van der Waals surface area contributed by atoms with Crippen LogP contribution in [0.4, 0.5) is 0 Å². The molecule has 0 aromatic heterocycles. The summed E-state index contributed by atoms with van der Waals surface area (Å²) in [4.78, 5) is 51.3. The first kappa shape index (κ1) is 29.1. The summed E-state index contributed by atoms with van der Waals surface area (Å²) >= 11 is 0. The van der Waals surface area contributed by atoms with Crippen LogP contribution in [0.1, 0.15) is 75.2 Å². The minimum atomic E-state index is -1.14. The van der Waals surface area contributed by atoms with E-state index < -0.39 is 59.1 Å². The third kappa shape index (κ3) is 5.40. The lowest BCUT2D eigenvalue weighted by atomic mass is 9.70. The first-order valence-corrected chi connectivity index (χ1v) is 13.3. The number of esters is 3. The van der Waals surface area contributed by atoms with E-state index in [1.165, 1.54) is 13.8 Å². The Labute approximate surface area is 220 Å². The average Bonchev–Trinajstić information content (AvgIpc) is 3.26. The van der Waals surface area contributed by atoms with Gasteiger partial charge in [-0.05, 0) is 53.5 Å². The van der Waals surface area contributed by atoms with Crippen LogP contribution in [0.15, 0.2) is 23.3 Å². The molecule has 9 atom stereocenters. The summed E-state index contributed by atoms with van der Waals surface area (Å²) < 4.78 is 24.2. The molecule has 3 rings (SSSR count). The van der Waals surface area contributed by atoms with Gasteiger partial charge in [0.25, 0.3) is 0 Å². The van der Waals surface area contributed by atoms with Gasteiger partial charge in [-0.25, -0.2) is 4.79 Å². The van der Waals surface area contributed by atoms with E-state index in [2.05, 4.69) is 0 Å². The molecule has 0 aromatic carbocycles. The molecule has 0 bridgehead atoms. The number of fused-ring (bicyclic) bond motifs is 3. The summed E-state index contributed by atoms with van der Waals surface area (Å²) in [5.41, 5.74) is -0.775. The molecule has 8 heteroatoms. The van der Waals surface area contributed by atoms with E-state index in [0.717, 1.165) is 5.57 Å². The molecule has 1 unspecified atom stereocenters. The van der Waals surface area contributed by atoms with Crippen molar-refractivity contribution in [2.75, 3.05) is 6.61 Å². The maximum absolute atomic E-state index is 13.9. The molecule has 0 spiro atoms. The van der Waals surface area contributed by atoms with Gasteiger partial charge in [0.1, 0.15) is 23.1 Å². The van der Waals surface area contributed by atoms with Gasteiger partial charge in [0, 0.05) is 49.0 Å². The van der Waals surface area contributed by atoms with Crippen molar-refractivity contribution in [1.29, 1.82) is 0 Å². The number of hydrogen-bond acceptors (Lipinski definition) is 8. The van der Waals surface area contributed by atoms with E-state index in [1.54, 1.807) is 19.9 Å². The lowest BCUT2D eigenvalue weighted by Crippen LogP contribution is -2.49. The fraction of sp³-hybridized carbons (Fsp3) is 0.724. The van der Waals surface area contributed by atoms with Crippen LogP contribution < -0.4 is 0 Å². The summed E-state index contributed by atoms with van der Waals surface area (Å²) in [6.07, 6.45) is 3.26. The van der Waals surface area contributed by atoms with Crippen molar-refractivity contribution in [3.05, 3.63) is 23.3 Å². The number of rotatable bonds is 7. The van der Waals surface area contributed by atoms with Crippen molar-refractivity contribution in [3.8, 4) is 0 Å².